The lowest BCUT2D eigenvalue weighted by molar-refractivity contribution is -0.394. The van der Waals surface area contributed by atoms with Gasteiger partial charge >= 0.3 is 0 Å². The standard InChI is InChI=1S/C10H11N3O4/c1-6(5-11)9-3-8(12(14)15)4-10(7(9)2)13(16)17/h3-4H,1,5,11H2,2H3. The molecule has 0 aromatic heterocycles. The normalized spacial score (nSPS) is 10.0. The first-order valence-corrected chi connectivity index (χ1v) is 4.70. The Morgan fingerprint density at radius 3 is 2.35 bits per heavy atom. The zero-order valence-electron chi connectivity index (χ0n) is 9.17. The largest absolute Gasteiger partial charge is 0.326 e. The quantitative estimate of drug-likeness (QED) is 0.633. The number of nitrogens with zero attached hydrogens (tertiary/aromatic N) is 2. The molecule has 0 atom stereocenters. The lowest BCUT2D eigenvalue weighted by atomic mass is 9.99. The molecule has 1 aromatic rings. The average Bonchev–Trinajstić information content (AvgIpc) is 2.27. The van der Waals surface area contributed by atoms with Gasteiger partial charge in [-0.05, 0) is 18.1 Å². The molecule has 2 N–H and O–H groups in total. The summed E-state index contributed by atoms with van der Waals surface area (Å²) in [5, 5.41) is 21.5. The van der Waals surface area contributed by atoms with Gasteiger partial charge in [-0.25, -0.2) is 0 Å². The molecule has 0 saturated heterocycles. The molecule has 0 saturated carbocycles. The van der Waals surface area contributed by atoms with Crippen LogP contribution >= 0.6 is 0 Å². The lowest BCUT2D eigenvalue weighted by Crippen LogP contribution is -2.05. The number of rotatable bonds is 4. The summed E-state index contributed by atoms with van der Waals surface area (Å²) in [6.07, 6.45) is 0. The molecule has 1 aromatic carbocycles. The fraction of sp³-hybridized carbons (Fsp3) is 0.200. The molecule has 0 amide bonds. The summed E-state index contributed by atoms with van der Waals surface area (Å²) in [5.74, 6) is 0. The van der Waals surface area contributed by atoms with E-state index < -0.39 is 9.85 Å². The Bertz CT molecular complexity index is 511. The van der Waals surface area contributed by atoms with E-state index in [1.807, 2.05) is 0 Å². The van der Waals surface area contributed by atoms with E-state index in [9.17, 15) is 20.2 Å². The van der Waals surface area contributed by atoms with Crippen molar-refractivity contribution in [2.75, 3.05) is 6.54 Å². The molecule has 1 rings (SSSR count). The van der Waals surface area contributed by atoms with Crippen molar-refractivity contribution in [1.29, 1.82) is 0 Å². The van der Waals surface area contributed by atoms with Crippen LogP contribution in [0.1, 0.15) is 11.1 Å². The zero-order chi connectivity index (χ0) is 13.2. The van der Waals surface area contributed by atoms with Crippen molar-refractivity contribution in [3.05, 3.63) is 50.1 Å². The topological polar surface area (TPSA) is 112 Å². The van der Waals surface area contributed by atoms with Crippen LogP contribution in [0.25, 0.3) is 5.57 Å². The zero-order valence-corrected chi connectivity index (χ0v) is 9.17. The molecule has 90 valence electrons. The lowest BCUT2D eigenvalue weighted by Gasteiger charge is -2.07. The van der Waals surface area contributed by atoms with Crippen molar-refractivity contribution in [3.63, 3.8) is 0 Å². The number of nitro benzene ring substituents is 2. The van der Waals surface area contributed by atoms with Gasteiger partial charge in [-0.15, -0.1) is 0 Å². The van der Waals surface area contributed by atoms with E-state index in [0.717, 1.165) is 6.07 Å². The number of non-ortho nitro benzene ring substituents is 1. The average molecular weight is 237 g/mol. The van der Waals surface area contributed by atoms with Crippen LogP contribution in [0.5, 0.6) is 0 Å². The van der Waals surface area contributed by atoms with Crippen LogP contribution in [-0.4, -0.2) is 16.4 Å². The van der Waals surface area contributed by atoms with Gasteiger partial charge in [-0.1, -0.05) is 6.58 Å². The fourth-order valence-electron chi connectivity index (χ4n) is 1.46. The molecule has 7 heteroatoms. The Hall–Kier alpha value is -2.28. The summed E-state index contributed by atoms with van der Waals surface area (Å²) in [6.45, 7) is 5.23. The van der Waals surface area contributed by atoms with E-state index >= 15 is 0 Å². The first-order chi connectivity index (χ1) is 7.88. The number of hydrogen-bond acceptors (Lipinski definition) is 5. The van der Waals surface area contributed by atoms with Crippen LogP contribution in [0, 0.1) is 27.2 Å². The predicted octanol–water partition coefficient (Wildman–Crippen LogP) is 1.78. The molecular formula is C10H11N3O4. The van der Waals surface area contributed by atoms with Gasteiger partial charge in [-0.3, -0.25) is 20.2 Å². The molecule has 0 heterocycles. The molecule has 0 spiro atoms. The van der Waals surface area contributed by atoms with E-state index in [2.05, 4.69) is 6.58 Å². The molecule has 0 aliphatic carbocycles. The number of hydrogen-bond donors (Lipinski definition) is 1. The van der Waals surface area contributed by atoms with Crippen LogP contribution in [0.15, 0.2) is 18.7 Å². The molecule has 0 aliphatic heterocycles. The number of nitro groups is 2. The maximum atomic E-state index is 10.8. The highest BCUT2D eigenvalue weighted by atomic mass is 16.6. The molecule has 0 radical (unpaired) electrons. The van der Waals surface area contributed by atoms with Crippen LogP contribution in [-0.2, 0) is 0 Å². The van der Waals surface area contributed by atoms with Gasteiger partial charge in [0.15, 0.2) is 0 Å². The Morgan fingerprint density at radius 1 is 1.35 bits per heavy atom. The van der Waals surface area contributed by atoms with Crippen molar-refractivity contribution < 1.29 is 9.85 Å². The van der Waals surface area contributed by atoms with Gasteiger partial charge < -0.3 is 5.73 Å². The third-order valence-electron chi connectivity index (χ3n) is 2.40. The van der Waals surface area contributed by atoms with Crippen molar-refractivity contribution in [2.24, 2.45) is 5.73 Å². The second kappa shape index (κ2) is 4.71. The molecule has 0 bridgehead atoms. The second-order valence-corrected chi connectivity index (χ2v) is 3.46. The van der Waals surface area contributed by atoms with Crippen LogP contribution in [0.3, 0.4) is 0 Å². The van der Waals surface area contributed by atoms with E-state index in [4.69, 9.17) is 5.73 Å². The summed E-state index contributed by atoms with van der Waals surface area (Å²) in [7, 11) is 0. The maximum absolute atomic E-state index is 10.8. The van der Waals surface area contributed by atoms with Crippen LogP contribution in [0.2, 0.25) is 0 Å². The summed E-state index contributed by atoms with van der Waals surface area (Å²) < 4.78 is 0. The molecule has 0 unspecified atom stereocenters. The fourth-order valence-corrected chi connectivity index (χ4v) is 1.46. The van der Waals surface area contributed by atoms with Crippen LogP contribution < -0.4 is 5.73 Å². The van der Waals surface area contributed by atoms with Gasteiger partial charge in [0.1, 0.15) is 0 Å². The minimum atomic E-state index is -0.681. The monoisotopic (exact) mass is 237 g/mol. The Morgan fingerprint density at radius 2 is 1.94 bits per heavy atom. The Kier molecular flexibility index (Phi) is 3.54. The molecule has 17 heavy (non-hydrogen) atoms. The van der Waals surface area contributed by atoms with E-state index in [1.54, 1.807) is 0 Å². The van der Waals surface area contributed by atoms with E-state index in [0.29, 0.717) is 16.7 Å². The summed E-state index contributed by atoms with van der Waals surface area (Å²) in [6, 6.07) is 2.18. The Labute approximate surface area is 96.8 Å². The van der Waals surface area contributed by atoms with Crippen molar-refractivity contribution >= 4 is 16.9 Å². The molecule has 0 aliphatic rings. The van der Waals surface area contributed by atoms with Crippen molar-refractivity contribution in [3.8, 4) is 0 Å². The Balaban J connectivity index is 3.54. The predicted molar refractivity (Wildman–Crippen MR) is 62.6 cm³/mol. The smallest absolute Gasteiger partial charge is 0.279 e. The maximum Gasteiger partial charge on any atom is 0.279 e. The van der Waals surface area contributed by atoms with Crippen LogP contribution in [0.4, 0.5) is 11.4 Å². The van der Waals surface area contributed by atoms with Gasteiger partial charge in [0.2, 0.25) is 0 Å². The summed E-state index contributed by atoms with van der Waals surface area (Å²) >= 11 is 0. The van der Waals surface area contributed by atoms with E-state index in [-0.39, 0.29) is 17.9 Å². The van der Waals surface area contributed by atoms with Gasteiger partial charge in [0.25, 0.3) is 11.4 Å². The van der Waals surface area contributed by atoms with Crippen molar-refractivity contribution in [1.82, 2.24) is 0 Å². The first-order valence-electron chi connectivity index (χ1n) is 4.70. The highest BCUT2D eigenvalue weighted by Crippen LogP contribution is 2.30. The third-order valence-corrected chi connectivity index (χ3v) is 2.40. The van der Waals surface area contributed by atoms with Gasteiger partial charge in [0.05, 0.1) is 15.9 Å². The molecule has 7 nitrogen and oxygen atoms in total. The summed E-state index contributed by atoms with van der Waals surface area (Å²) in [4.78, 5) is 20.1. The minimum Gasteiger partial charge on any atom is -0.326 e. The van der Waals surface area contributed by atoms with E-state index in [1.165, 1.54) is 13.0 Å². The number of nitrogens with two attached hydrogens (primary N) is 1. The first kappa shape index (κ1) is 12.8. The minimum absolute atomic E-state index is 0.0825. The highest BCUT2D eigenvalue weighted by molar-refractivity contribution is 5.73. The number of benzene rings is 1. The second-order valence-electron chi connectivity index (χ2n) is 3.46. The SMILES string of the molecule is C=C(CN)c1cc([N+](=O)[O-])cc([N+](=O)[O-])c1C. The van der Waals surface area contributed by atoms with Gasteiger partial charge in [-0.2, -0.15) is 0 Å². The summed E-state index contributed by atoms with van der Waals surface area (Å²) in [5.41, 5.74) is 5.85. The third kappa shape index (κ3) is 2.45. The van der Waals surface area contributed by atoms with Gasteiger partial charge in [0, 0.05) is 18.2 Å². The molecule has 0 fully saturated rings. The molecular weight excluding hydrogens is 226 g/mol. The highest BCUT2D eigenvalue weighted by Gasteiger charge is 2.21. The van der Waals surface area contributed by atoms with Crippen molar-refractivity contribution in [2.45, 2.75) is 6.92 Å².